The molecular formula is C28H23Cl2IN2O5. The zero-order chi connectivity index (χ0) is 27.3. The van der Waals surface area contributed by atoms with Crippen molar-refractivity contribution < 1.29 is 24.3 Å². The molecule has 0 aromatic heterocycles. The average molecular weight is 665 g/mol. The van der Waals surface area contributed by atoms with Crippen LogP contribution in [0.2, 0.25) is 0 Å². The highest BCUT2D eigenvalue weighted by atomic mass is 127. The number of hydrogen-bond acceptors (Lipinski definition) is 5. The fourth-order valence-electron chi connectivity index (χ4n) is 6.82. The van der Waals surface area contributed by atoms with Crippen LogP contribution in [0, 0.1) is 28.2 Å². The van der Waals surface area contributed by atoms with Gasteiger partial charge in [-0.15, -0.1) is 23.2 Å². The van der Waals surface area contributed by atoms with E-state index >= 15 is 0 Å². The Balaban J connectivity index is 1.52. The molecule has 6 atom stereocenters. The number of nitrogens with zero attached hydrogens (tertiary/aromatic N) is 2. The summed E-state index contributed by atoms with van der Waals surface area (Å²) >= 11 is 16.5. The number of amides is 4. The smallest absolute Gasteiger partial charge is 0.253 e. The topological polar surface area (TPSA) is 95.0 Å². The van der Waals surface area contributed by atoms with E-state index in [1.165, 1.54) is 18.0 Å². The number of likely N-dealkylation sites (tertiary alicyclic amines) is 1. The quantitative estimate of drug-likeness (QED) is 0.221. The van der Waals surface area contributed by atoms with E-state index < -0.39 is 45.2 Å². The number of fused-ring (bicyclic) bond motifs is 4. The number of halogens is 3. The fourth-order valence-corrected chi connectivity index (χ4v) is 8.20. The van der Waals surface area contributed by atoms with Crippen molar-refractivity contribution in [1.29, 1.82) is 0 Å². The lowest BCUT2D eigenvalue weighted by Crippen LogP contribution is -2.60. The molecule has 196 valence electrons. The number of rotatable bonds is 2. The molecule has 2 heterocycles. The number of phenols is 1. The molecule has 2 aliphatic carbocycles. The highest BCUT2D eigenvalue weighted by Gasteiger charge is 2.75. The molecule has 4 aliphatic rings. The molecule has 2 saturated heterocycles. The number of phenolic OH excluding ortho intramolecular Hbond substituents is 1. The number of imide groups is 2. The van der Waals surface area contributed by atoms with Crippen molar-refractivity contribution >= 4 is 75.1 Å². The van der Waals surface area contributed by atoms with Crippen LogP contribution in [-0.2, 0) is 19.2 Å². The van der Waals surface area contributed by atoms with Crippen LogP contribution in [0.15, 0.2) is 54.1 Å². The molecule has 1 N–H and O–H groups in total. The monoisotopic (exact) mass is 664 g/mol. The minimum absolute atomic E-state index is 0.0485. The minimum Gasteiger partial charge on any atom is -0.508 e. The second-order valence-corrected chi connectivity index (χ2v) is 13.0. The minimum atomic E-state index is -1.83. The third kappa shape index (κ3) is 3.20. The third-order valence-corrected chi connectivity index (χ3v) is 10.8. The van der Waals surface area contributed by atoms with E-state index in [1.54, 1.807) is 31.2 Å². The maximum atomic E-state index is 13.9. The summed E-state index contributed by atoms with van der Waals surface area (Å²) in [6, 6.07) is 12.1. The molecule has 1 saturated carbocycles. The Kier molecular flexibility index (Phi) is 5.80. The number of allylic oxidation sites excluding steroid dienone is 2. The van der Waals surface area contributed by atoms with Crippen LogP contribution in [0.4, 0.5) is 5.69 Å². The highest BCUT2D eigenvalue weighted by molar-refractivity contribution is 14.1. The van der Waals surface area contributed by atoms with Gasteiger partial charge in [-0.25, -0.2) is 0 Å². The Morgan fingerprint density at radius 2 is 1.66 bits per heavy atom. The van der Waals surface area contributed by atoms with Crippen LogP contribution in [0.25, 0.3) is 0 Å². The van der Waals surface area contributed by atoms with Crippen LogP contribution in [0.1, 0.15) is 29.9 Å². The van der Waals surface area contributed by atoms with Crippen LogP contribution in [0.3, 0.4) is 0 Å². The van der Waals surface area contributed by atoms with Gasteiger partial charge < -0.3 is 5.11 Å². The number of hydrogen-bond donors (Lipinski definition) is 1. The van der Waals surface area contributed by atoms with E-state index in [9.17, 15) is 24.3 Å². The summed E-state index contributed by atoms with van der Waals surface area (Å²) in [5, 5.41) is 10.2. The molecule has 2 aromatic rings. The molecule has 6 rings (SSSR count). The molecular weight excluding hydrogens is 642 g/mol. The van der Waals surface area contributed by atoms with Gasteiger partial charge in [0.05, 0.1) is 17.5 Å². The van der Waals surface area contributed by atoms with Crippen molar-refractivity contribution in [1.82, 2.24) is 4.90 Å². The van der Waals surface area contributed by atoms with Gasteiger partial charge >= 0.3 is 0 Å². The van der Waals surface area contributed by atoms with Crippen molar-refractivity contribution in [3.63, 3.8) is 0 Å². The largest absolute Gasteiger partial charge is 0.508 e. The average Bonchev–Trinajstić information content (AvgIpc) is 3.21. The number of aromatic hydroxyl groups is 1. The van der Waals surface area contributed by atoms with Crippen LogP contribution < -0.4 is 4.90 Å². The molecule has 0 spiro atoms. The third-order valence-electron chi connectivity index (χ3n) is 8.65. The predicted molar refractivity (Wildman–Crippen MR) is 150 cm³/mol. The number of aryl methyl sites for hydroxylation is 1. The zero-order valence-electron chi connectivity index (χ0n) is 20.5. The number of carbonyl (C=O) groups is 4. The predicted octanol–water partition coefficient (Wildman–Crippen LogP) is 4.50. The van der Waals surface area contributed by atoms with Crippen LogP contribution in [0.5, 0.6) is 5.75 Å². The summed E-state index contributed by atoms with van der Waals surface area (Å²) in [6.07, 6.45) is 2.15. The molecule has 0 radical (unpaired) electrons. The van der Waals surface area contributed by atoms with Gasteiger partial charge in [0.15, 0.2) is 9.75 Å². The standard InChI is InChI=1S/C28H23Cl2IN2O5/c1-13-11-14(3-10-20(13)34)22-17-8-9-18-21(24(36)33(23(18)35)16-6-4-15(31)5-7-16)19(17)12-27(29)25(37)32(2)26(38)28(22,27)30/h3-8,10-11,18-19,21-22,34H,9,12H2,1-2H3/t18-,19+,21-,22-,27+,28-/m0/s1. The first-order chi connectivity index (χ1) is 17.9. The molecule has 0 unspecified atom stereocenters. The molecule has 38 heavy (non-hydrogen) atoms. The number of carbonyl (C=O) groups excluding carboxylic acids is 4. The molecule has 7 nitrogen and oxygen atoms in total. The van der Waals surface area contributed by atoms with Crippen molar-refractivity contribution in [2.75, 3.05) is 11.9 Å². The van der Waals surface area contributed by atoms with Gasteiger partial charge in [0.25, 0.3) is 11.8 Å². The molecule has 4 amide bonds. The van der Waals surface area contributed by atoms with Crippen LogP contribution in [-0.4, -0.2) is 50.4 Å². The van der Waals surface area contributed by atoms with Crippen molar-refractivity contribution in [2.24, 2.45) is 17.8 Å². The van der Waals surface area contributed by atoms with E-state index in [1.807, 2.05) is 18.2 Å². The number of anilines is 1. The van der Waals surface area contributed by atoms with Gasteiger partial charge in [0.1, 0.15) is 5.75 Å². The SMILES string of the molecule is Cc1cc([C@H]2C3=CC[C@@H]4C(=O)N(c5ccc(I)cc5)C(=O)[C@@H]4[C@@H]3C[C@@]3(Cl)C(=O)N(C)C(=O)[C@@]23Cl)ccc1O. The molecule has 2 aliphatic heterocycles. The van der Waals surface area contributed by atoms with Gasteiger partial charge in [0.2, 0.25) is 11.8 Å². The van der Waals surface area contributed by atoms with Gasteiger partial charge in [-0.2, -0.15) is 0 Å². The van der Waals surface area contributed by atoms with E-state index in [-0.39, 0.29) is 24.0 Å². The summed E-state index contributed by atoms with van der Waals surface area (Å²) in [7, 11) is 1.36. The maximum Gasteiger partial charge on any atom is 0.253 e. The van der Waals surface area contributed by atoms with Gasteiger partial charge in [-0.3, -0.25) is 29.0 Å². The summed E-state index contributed by atoms with van der Waals surface area (Å²) < 4.78 is 0.974. The van der Waals surface area contributed by atoms with Gasteiger partial charge in [-0.05, 0) is 89.7 Å². The van der Waals surface area contributed by atoms with Crippen molar-refractivity contribution in [3.8, 4) is 5.75 Å². The van der Waals surface area contributed by atoms with Crippen molar-refractivity contribution in [3.05, 3.63) is 68.8 Å². The maximum absolute atomic E-state index is 13.9. The molecule has 0 bridgehead atoms. The first kappa shape index (κ1) is 25.8. The second-order valence-electron chi connectivity index (χ2n) is 10.5. The Morgan fingerprint density at radius 1 is 0.974 bits per heavy atom. The lowest BCUT2D eigenvalue weighted by atomic mass is 9.56. The van der Waals surface area contributed by atoms with Gasteiger partial charge in [0, 0.05) is 16.5 Å². The Bertz CT molecular complexity index is 1480. The van der Waals surface area contributed by atoms with Crippen LogP contribution >= 0.6 is 45.8 Å². The summed E-state index contributed by atoms with van der Waals surface area (Å²) in [6.45, 7) is 1.73. The first-order valence-corrected chi connectivity index (χ1v) is 14.1. The molecule has 10 heteroatoms. The second kappa shape index (κ2) is 8.53. The van der Waals surface area contributed by atoms with Gasteiger partial charge in [-0.1, -0.05) is 23.8 Å². The van der Waals surface area contributed by atoms with E-state index in [4.69, 9.17) is 23.2 Å². The lowest BCUT2D eigenvalue weighted by Gasteiger charge is -2.50. The Morgan fingerprint density at radius 3 is 2.32 bits per heavy atom. The van der Waals surface area contributed by atoms with E-state index in [2.05, 4.69) is 22.6 Å². The van der Waals surface area contributed by atoms with E-state index in [0.29, 0.717) is 23.2 Å². The normalized spacial score (nSPS) is 34.3. The van der Waals surface area contributed by atoms with E-state index in [0.717, 1.165) is 14.0 Å². The Hall–Kier alpha value is -2.43. The van der Waals surface area contributed by atoms with Crippen molar-refractivity contribution in [2.45, 2.75) is 35.4 Å². The fraction of sp³-hybridized carbons (Fsp3) is 0.357. The molecule has 2 aromatic carbocycles. The zero-order valence-corrected chi connectivity index (χ0v) is 24.1. The summed E-state index contributed by atoms with van der Waals surface area (Å²) in [5.41, 5.74) is 2.40. The summed E-state index contributed by atoms with van der Waals surface area (Å²) in [4.78, 5) is 53.1. The summed E-state index contributed by atoms with van der Waals surface area (Å²) in [5.74, 6) is -4.54. The number of alkyl halides is 2. The first-order valence-electron chi connectivity index (χ1n) is 12.2. The Labute approximate surface area is 242 Å². The number of benzene rings is 2. The lowest BCUT2D eigenvalue weighted by molar-refractivity contribution is -0.138. The highest BCUT2D eigenvalue weighted by Crippen LogP contribution is 2.65. The molecule has 3 fully saturated rings.